The summed E-state index contributed by atoms with van der Waals surface area (Å²) in [5, 5.41) is 0. The molecule has 108 valence electrons. The Morgan fingerprint density at radius 1 is 1.25 bits per heavy atom. The molecule has 4 nitrogen and oxygen atoms in total. The molecule has 0 radical (unpaired) electrons. The Balaban J connectivity index is 2.97. The van der Waals surface area contributed by atoms with Crippen molar-refractivity contribution in [3.63, 3.8) is 0 Å². The maximum atomic E-state index is 12.2. The molecule has 0 heterocycles. The zero-order chi connectivity index (χ0) is 15.2. The summed E-state index contributed by atoms with van der Waals surface area (Å²) in [5.74, 6) is 6.41. The Labute approximate surface area is 120 Å². The van der Waals surface area contributed by atoms with E-state index >= 15 is 0 Å². The number of anilines is 1. The van der Waals surface area contributed by atoms with Gasteiger partial charge in [0.15, 0.2) is 0 Å². The van der Waals surface area contributed by atoms with Gasteiger partial charge in [-0.3, -0.25) is 4.90 Å². The highest BCUT2D eigenvalue weighted by Gasteiger charge is 2.22. The lowest BCUT2D eigenvalue weighted by Crippen LogP contribution is -2.37. The van der Waals surface area contributed by atoms with E-state index in [1.165, 1.54) is 4.90 Å². The van der Waals surface area contributed by atoms with Crippen LogP contribution in [0.4, 0.5) is 10.5 Å². The monoisotopic (exact) mass is 275 g/mol. The van der Waals surface area contributed by atoms with Crippen molar-refractivity contribution in [2.24, 2.45) is 0 Å². The summed E-state index contributed by atoms with van der Waals surface area (Å²) in [7, 11) is 1.60. The molecule has 1 aromatic rings. The molecule has 0 atom stereocenters. The quantitative estimate of drug-likeness (QED) is 0.793. The van der Waals surface area contributed by atoms with Crippen LogP contribution in [0.3, 0.4) is 0 Å². The highest BCUT2D eigenvalue weighted by atomic mass is 16.6. The van der Waals surface area contributed by atoms with Crippen LogP contribution >= 0.6 is 0 Å². The second kappa shape index (κ2) is 6.85. The summed E-state index contributed by atoms with van der Waals surface area (Å²) in [6.07, 6.45) is -0.412. The van der Waals surface area contributed by atoms with Crippen LogP contribution in [0.1, 0.15) is 27.7 Å². The van der Waals surface area contributed by atoms with E-state index in [4.69, 9.17) is 9.47 Å². The van der Waals surface area contributed by atoms with E-state index in [1.54, 1.807) is 38.3 Å². The molecule has 0 aliphatic rings. The minimum Gasteiger partial charge on any atom is -0.497 e. The lowest BCUT2D eigenvalue weighted by atomic mass is 10.2. The molecule has 0 aromatic heterocycles. The summed E-state index contributed by atoms with van der Waals surface area (Å²) in [6, 6.07) is 7.21. The van der Waals surface area contributed by atoms with Crippen LogP contribution in [-0.4, -0.2) is 25.3 Å². The van der Waals surface area contributed by atoms with Gasteiger partial charge in [-0.25, -0.2) is 4.79 Å². The molecule has 1 rings (SSSR count). The summed E-state index contributed by atoms with van der Waals surface area (Å²) in [4.78, 5) is 13.7. The molecule has 0 saturated heterocycles. The zero-order valence-corrected chi connectivity index (χ0v) is 12.7. The molecule has 1 amide bonds. The minimum absolute atomic E-state index is 0.289. The molecule has 0 saturated carbocycles. The van der Waals surface area contributed by atoms with Crippen LogP contribution in [0.5, 0.6) is 5.75 Å². The Hall–Kier alpha value is -2.15. The largest absolute Gasteiger partial charge is 0.497 e. The SMILES string of the molecule is CC#CCN(C(=O)OC(C)(C)C)c1ccc(OC)cc1. The number of nitrogens with zero attached hydrogens (tertiary/aromatic N) is 1. The molecule has 0 aliphatic heterocycles. The summed E-state index contributed by atoms with van der Waals surface area (Å²) < 4.78 is 10.5. The molecule has 0 bridgehead atoms. The van der Waals surface area contributed by atoms with E-state index in [-0.39, 0.29) is 6.54 Å². The van der Waals surface area contributed by atoms with Gasteiger partial charge in [0.2, 0.25) is 0 Å². The first kappa shape index (κ1) is 15.9. The number of amides is 1. The van der Waals surface area contributed by atoms with Crippen molar-refractivity contribution in [1.82, 2.24) is 0 Å². The van der Waals surface area contributed by atoms with E-state index in [2.05, 4.69) is 11.8 Å². The Kier molecular flexibility index (Phi) is 5.45. The fraction of sp³-hybridized carbons (Fsp3) is 0.438. The lowest BCUT2D eigenvalue weighted by molar-refractivity contribution is 0.0585. The van der Waals surface area contributed by atoms with Gasteiger partial charge in [-0.15, -0.1) is 5.92 Å². The van der Waals surface area contributed by atoms with Gasteiger partial charge < -0.3 is 9.47 Å². The Bertz CT molecular complexity index is 503. The average molecular weight is 275 g/mol. The number of carbonyl (C=O) groups is 1. The molecule has 0 unspecified atom stereocenters. The fourth-order valence-electron chi connectivity index (χ4n) is 1.50. The van der Waals surface area contributed by atoms with Crippen LogP contribution in [0, 0.1) is 11.8 Å². The molecule has 0 spiro atoms. The number of ether oxygens (including phenoxy) is 2. The first-order chi connectivity index (χ1) is 9.37. The first-order valence-corrected chi connectivity index (χ1v) is 6.41. The molecule has 1 aromatic carbocycles. The van der Waals surface area contributed by atoms with Crippen molar-refractivity contribution in [2.75, 3.05) is 18.6 Å². The summed E-state index contributed by atoms with van der Waals surface area (Å²) in [6.45, 7) is 7.53. The number of hydrogen-bond acceptors (Lipinski definition) is 3. The van der Waals surface area contributed by atoms with E-state index in [9.17, 15) is 4.79 Å². The second-order valence-electron chi connectivity index (χ2n) is 5.19. The molecular weight excluding hydrogens is 254 g/mol. The van der Waals surface area contributed by atoms with Crippen LogP contribution in [0.25, 0.3) is 0 Å². The molecule has 0 N–H and O–H groups in total. The van der Waals surface area contributed by atoms with Crippen molar-refractivity contribution in [1.29, 1.82) is 0 Å². The van der Waals surface area contributed by atoms with Gasteiger partial charge in [0.1, 0.15) is 11.4 Å². The van der Waals surface area contributed by atoms with Crippen LogP contribution in [-0.2, 0) is 4.74 Å². The molecular formula is C16H21NO3. The highest BCUT2D eigenvalue weighted by Crippen LogP contribution is 2.21. The van der Waals surface area contributed by atoms with Crippen molar-refractivity contribution in [3.8, 4) is 17.6 Å². The normalized spacial score (nSPS) is 10.2. The van der Waals surface area contributed by atoms with E-state index < -0.39 is 11.7 Å². The zero-order valence-electron chi connectivity index (χ0n) is 12.7. The molecule has 0 aliphatic carbocycles. The average Bonchev–Trinajstić information content (AvgIpc) is 2.38. The van der Waals surface area contributed by atoms with E-state index in [1.807, 2.05) is 20.8 Å². The predicted molar refractivity (Wildman–Crippen MR) is 80.0 cm³/mol. The maximum absolute atomic E-state index is 12.2. The van der Waals surface area contributed by atoms with Gasteiger partial charge in [0.05, 0.1) is 13.7 Å². The highest BCUT2D eigenvalue weighted by molar-refractivity contribution is 5.88. The first-order valence-electron chi connectivity index (χ1n) is 6.41. The van der Waals surface area contributed by atoms with Crippen molar-refractivity contribution >= 4 is 11.8 Å². The van der Waals surface area contributed by atoms with E-state index in [0.717, 1.165) is 11.4 Å². The standard InChI is InChI=1S/C16H21NO3/c1-6-7-12-17(15(18)20-16(2,3)4)13-8-10-14(19-5)11-9-13/h8-11H,12H2,1-5H3. The van der Waals surface area contributed by atoms with Crippen molar-refractivity contribution < 1.29 is 14.3 Å². The molecule has 0 fully saturated rings. The lowest BCUT2D eigenvalue weighted by Gasteiger charge is -2.26. The molecule has 4 heteroatoms. The number of benzene rings is 1. The van der Waals surface area contributed by atoms with Gasteiger partial charge in [0, 0.05) is 5.69 Å². The third-order valence-electron chi connectivity index (χ3n) is 2.41. The van der Waals surface area contributed by atoms with Gasteiger partial charge in [-0.05, 0) is 52.0 Å². The number of carbonyl (C=O) groups excluding carboxylic acids is 1. The number of hydrogen-bond donors (Lipinski definition) is 0. The number of methoxy groups -OCH3 is 1. The van der Waals surface area contributed by atoms with Crippen LogP contribution in [0.2, 0.25) is 0 Å². The topological polar surface area (TPSA) is 38.8 Å². The summed E-state index contributed by atoms with van der Waals surface area (Å²) >= 11 is 0. The number of rotatable bonds is 3. The minimum atomic E-state index is -0.540. The Morgan fingerprint density at radius 3 is 2.30 bits per heavy atom. The van der Waals surface area contributed by atoms with E-state index in [0.29, 0.717) is 0 Å². The predicted octanol–water partition coefficient (Wildman–Crippen LogP) is 3.46. The fourth-order valence-corrected chi connectivity index (χ4v) is 1.50. The summed E-state index contributed by atoms with van der Waals surface area (Å²) in [5.41, 5.74) is 0.185. The third kappa shape index (κ3) is 4.85. The molecule has 20 heavy (non-hydrogen) atoms. The maximum Gasteiger partial charge on any atom is 0.415 e. The van der Waals surface area contributed by atoms with Crippen LogP contribution in [0.15, 0.2) is 24.3 Å². The van der Waals surface area contributed by atoms with Crippen molar-refractivity contribution in [2.45, 2.75) is 33.3 Å². The van der Waals surface area contributed by atoms with Gasteiger partial charge >= 0.3 is 6.09 Å². The van der Waals surface area contributed by atoms with Crippen LogP contribution < -0.4 is 9.64 Å². The second-order valence-corrected chi connectivity index (χ2v) is 5.19. The van der Waals surface area contributed by atoms with Gasteiger partial charge in [-0.1, -0.05) is 5.92 Å². The van der Waals surface area contributed by atoms with Gasteiger partial charge in [-0.2, -0.15) is 0 Å². The van der Waals surface area contributed by atoms with Gasteiger partial charge in [0.25, 0.3) is 0 Å². The third-order valence-corrected chi connectivity index (χ3v) is 2.41. The Morgan fingerprint density at radius 2 is 1.85 bits per heavy atom. The van der Waals surface area contributed by atoms with Crippen molar-refractivity contribution in [3.05, 3.63) is 24.3 Å². The smallest absolute Gasteiger partial charge is 0.415 e.